The third-order valence-electron chi connectivity index (χ3n) is 2.98. The van der Waals surface area contributed by atoms with E-state index in [0.29, 0.717) is 17.4 Å². The van der Waals surface area contributed by atoms with Gasteiger partial charge in [0.15, 0.2) is 6.10 Å². The molecule has 1 aliphatic carbocycles. The molecule has 2 rings (SSSR count). The summed E-state index contributed by atoms with van der Waals surface area (Å²) in [6, 6.07) is 5.89. The van der Waals surface area contributed by atoms with Crippen LogP contribution in [0.2, 0.25) is 0 Å². The number of rotatable bonds is 5. The van der Waals surface area contributed by atoms with Gasteiger partial charge in [-0.25, -0.2) is 0 Å². The zero-order chi connectivity index (χ0) is 13.1. The van der Waals surface area contributed by atoms with Crippen molar-refractivity contribution < 1.29 is 14.6 Å². The molecule has 0 spiro atoms. The molecule has 2 N–H and O–H groups in total. The molecule has 1 unspecified atom stereocenters. The van der Waals surface area contributed by atoms with E-state index in [0.717, 1.165) is 18.4 Å². The molecule has 1 fully saturated rings. The molecular formula is C14H19NO3. The zero-order valence-electron chi connectivity index (χ0n) is 10.8. The Kier molecular flexibility index (Phi) is 3.87. The fraction of sp³-hybridized carbons (Fsp3) is 0.500. The van der Waals surface area contributed by atoms with Crippen LogP contribution in [0.3, 0.4) is 0 Å². The van der Waals surface area contributed by atoms with Gasteiger partial charge < -0.3 is 15.2 Å². The highest BCUT2D eigenvalue weighted by Gasteiger charge is 2.26. The molecule has 0 aromatic heterocycles. The highest BCUT2D eigenvalue weighted by molar-refractivity contribution is 5.81. The van der Waals surface area contributed by atoms with Crippen molar-refractivity contribution in [3.05, 3.63) is 29.3 Å². The second-order valence-electron chi connectivity index (χ2n) is 4.81. The van der Waals surface area contributed by atoms with E-state index in [2.05, 4.69) is 5.32 Å². The first kappa shape index (κ1) is 12.9. The molecule has 18 heavy (non-hydrogen) atoms. The van der Waals surface area contributed by atoms with Gasteiger partial charge in [-0.2, -0.15) is 0 Å². The van der Waals surface area contributed by atoms with Gasteiger partial charge in [0, 0.05) is 11.6 Å². The number of carbonyl (C=O) groups excluding carboxylic acids is 1. The van der Waals surface area contributed by atoms with Crippen molar-refractivity contribution in [2.24, 2.45) is 0 Å². The number of benzene rings is 1. The molecule has 98 valence electrons. The molecule has 1 saturated carbocycles. The predicted molar refractivity (Wildman–Crippen MR) is 68.4 cm³/mol. The summed E-state index contributed by atoms with van der Waals surface area (Å²) in [5.41, 5.74) is 1.77. The summed E-state index contributed by atoms with van der Waals surface area (Å²) < 4.78 is 5.61. The van der Waals surface area contributed by atoms with Gasteiger partial charge in [0.2, 0.25) is 0 Å². The van der Waals surface area contributed by atoms with Crippen LogP contribution in [0.15, 0.2) is 18.2 Å². The molecule has 4 heteroatoms. The minimum absolute atomic E-state index is 0.0893. The normalized spacial score (nSPS) is 16.2. The summed E-state index contributed by atoms with van der Waals surface area (Å²) in [7, 11) is 0. The molecule has 1 amide bonds. The number of carbonyl (C=O) groups is 1. The van der Waals surface area contributed by atoms with E-state index in [1.165, 1.54) is 0 Å². The van der Waals surface area contributed by atoms with Crippen LogP contribution in [0.25, 0.3) is 0 Å². The van der Waals surface area contributed by atoms with Crippen LogP contribution >= 0.6 is 0 Å². The van der Waals surface area contributed by atoms with Crippen molar-refractivity contribution in [2.75, 3.05) is 0 Å². The van der Waals surface area contributed by atoms with E-state index >= 15 is 0 Å². The topological polar surface area (TPSA) is 58.6 Å². The average Bonchev–Trinajstić information content (AvgIpc) is 3.15. The number of amides is 1. The Morgan fingerprint density at radius 3 is 2.89 bits per heavy atom. The van der Waals surface area contributed by atoms with Crippen LogP contribution in [0.4, 0.5) is 0 Å². The maximum absolute atomic E-state index is 11.8. The number of aryl methyl sites for hydroxylation is 1. The molecule has 1 aromatic carbocycles. The molecule has 0 bridgehead atoms. The van der Waals surface area contributed by atoms with Crippen LogP contribution in [0.5, 0.6) is 5.75 Å². The first-order chi connectivity index (χ1) is 8.60. The van der Waals surface area contributed by atoms with Crippen molar-refractivity contribution in [3.8, 4) is 5.75 Å². The lowest BCUT2D eigenvalue weighted by molar-refractivity contribution is -0.127. The Morgan fingerprint density at radius 2 is 2.28 bits per heavy atom. The maximum atomic E-state index is 11.8. The summed E-state index contributed by atoms with van der Waals surface area (Å²) >= 11 is 0. The fourth-order valence-corrected chi connectivity index (χ4v) is 1.74. The first-order valence-electron chi connectivity index (χ1n) is 6.27. The maximum Gasteiger partial charge on any atom is 0.260 e. The van der Waals surface area contributed by atoms with Gasteiger partial charge in [0.25, 0.3) is 5.91 Å². The highest BCUT2D eigenvalue weighted by Crippen LogP contribution is 2.22. The van der Waals surface area contributed by atoms with Crippen LogP contribution in [0, 0.1) is 6.92 Å². The van der Waals surface area contributed by atoms with Crippen molar-refractivity contribution in [3.63, 3.8) is 0 Å². The molecule has 1 aromatic rings. The van der Waals surface area contributed by atoms with Gasteiger partial charge >= 0.3 is 0 Å². The Balaban J connectivity index is 2.00. The lowest BCUT2D eigenvalue weighted by Crippen LogP contribution is -2.37. The van der Waals surface area contributed by atoms with Crippen LogP contribution < -0.4 is 10.1 Å². The summed E-state index contributed by atoms with van der Waals surface area (Å²) in [6.45, 7) is 3.58. The van der Waals surface area contributed by atoms with Crippen LogP contribution in [-0.2, 0) is 11.4 Å². The first-order valence-corrected chi connectivity index (χ1v) is 6.27. The summed E-state index contributed by atoms with van der Waals surface area (Å²) in [6.07, 6.45) is 1.58. The second-order valence-corrected chi connectivity index (χ2v) is 4.81. The Hall–Kier alpha value is -1.55. The smallest absolute Gasteiger partial charge is 0.260 e. The van der Waals surface area contributed by atoms with Gasteiger partial charge in [0.1, 0.15) is 5.75 Å². The average molecular weight is 249 g/mol. The van der Waals surface area contributed by atoms with E-state index in [1.807, 2.05) is 19.1 Å². The number of ether oxygens (including phenoxy) is 1. The SMILES string of the molecule is Cc1ccc(OC(C)C(=O)NC2CC2)c(CO)c1. The van der Waals surface area contributed by atoms with E-state index in [1.54, 1.807) is 13.0 Å². The van der Waals surface area contributed by atoms with Gasteiger partial charge in [0.05, 0.1) is 6.61 Å². The summed E-state index contributed by atoms with van der Waals surface area (Å²) in [5.74, 6) is 0.475. The number of hydrogen-bond acceptors (Lipinski definition) is 3. The monoisotopic (exact) mass is 249 g/mol. The predicted octanol–water partition coefficient (Wildman–Crippen LogP) is 1.53. The fourth-order valence-electron chi connectivity index (χ4n) is 1.74. The standard InChI is InChI=1S/C14H19NO3/c1-9-3-6-13(11(7-9)8-16)18-10(2)14(17)15-12-4-5-12/h3,6-7,10,12,16H,4-5,8H2,1-2H3,(H,15,17). The lowest BCUT2D eigenvalue weighted by Gasteiger charge is -2.17. The van der Waals surface area contributed by atoms with Crippen molar-refractivity contribution in [1.29, 1.82) is 0 Å². The molecule has 4 nitrogen and oxygen atoms in total. The van der Waals surface area contributed by atoms with E-state index in [9.17, 15) is 9.90 Å². The van der Waals surface area contributed by atoms with Crippen LogP contribution in [-0.4, -0.2) is 23.2 Å². The van der Waals surface area contributed by atoms with E-state index < -0.39 is 6.10 Å². The molecule has 0 radical (unpaired) electrons. The third kappa shape index (κ3) is 3.23. The molecule has 0 aliphatic heterocycles. The molecule has 1 aliphatic rings. The quantitative estimate of drug-likeness (QED) is 0.832. The number of hydrogen-bond donors (Lipinski definition) is 2. The van der Waals surface area contributed by atoms with Gasteiger partial charge in [-0.3, -0.25) is 4.79 Å². The van der Waals surface area contributed by atoms with Crippen LogP contribution in [0.1, 0.15) is 30.9 Å². The Labute approximate surface area is 107 Å². The van der Waals surface area contributed by atoms with Crippen molar-refractivity contribution in [1.82, 2.24) is 5.32 Å². The van der Waals surface area contributed by atoms with E-state index in [4.69, 9.17) is 4.74 Å². The Morgan fingerprint density at radius 1 is 1.56 bits per heavy atom. The molecule has 0 heterocycles. The lowest BCUT2D eigenvalue weighted by atomic mass is 10.1. The number of aliphatic hydroxyl groups is 1. The van der Waals surface area contributed by atoms with Gasteiger partial charge in [-0.05, 0) is 32.8 Å². The van der Waals surface area contributed by atoms with Gasteiger partial charge in [-0.1, -0.05) is 17.7 Å². The van der Waals surface area contributed by atoms with Crippen molar-refractivity contribution in [2.45, 2.75) is 45.4 Å². The Bertz CT molecular complexity index is 441. The molecule has 1 atom stereocenters. The number of nitrogens with one attached hydrogen (secondary N) is 1. The number of aliphatic hydroxyl groups excluding tert-OH is 1. The minimum Gasteiger partial charge on any atom is -0.481 e. The second kappa shape index (κ2) is 5.40. The summed E-state index contributed by atoms with van der Waals surface area (Å²) in [4.78, 5) is 11.8. The van der Waals surface area contributed by atoms with Gasteiger partial charge in [-0.15, -0.1) is 0 Å². The molecular weight excluding hydrogens is 230 g/mol. The summed E-state index contributed by atoms with van der Waals surface area (Å²) in [5, 5.41) is 12.2. The largest absolute Gasteiger partial charge is 0.481 e. The van der Waals surface area contributed by atoms with Crippen molar-refractivity contribution >= 4 is 5.91 Å². The minimum atomic E-state index is -0.543. The zero-order valence-corrected chi connectivity index (χ0v) is 10.8. The highest BCUT2D eigenvalue weighted by atomic mass is 16.5. The van der Waals surface area contributed by atoms with E-state index in [-0.39, 0.29) is 12.5 Å². The third-order valence-corrected chi connectivity index (χ3v) is 2.98. The molecule has 0 saturated heterocycles.